The van der Waals surface area contributed by atoms with E-state index in [1.54, 1.807) is 18.2 Å². The molecule has 2 aromatic rings. The number of benzene rings is 1. The van der Waals surface area contributed by atoms with Crippen LogP contribution >= 0.6 is 0 Å². The van der Waals surface area contributed by atoms with E-state index in [4.69, 9.17) is 4.42 Å². The minimum absolute atomic E-state index is 0.278. The Balaban J connectivity index is 2.95. The van der Waals surface area contributed by atoms with Crippen LogP contribution in [0.2, 0.25) is 0 Å². The van der Waals surface area contributed by atoms with Gasteiger partial charge in [-0.2, -0.15) is 0 Å². The van der Waals surface area contributed by atoms with Gasteiger partial charge in [0.2, 0.25) is 5.43 Å². The normalized spacial score (nSPS) is 11.8. The van der Waals surface area contributed by atoms with E-state index in [0.717, 1.165) is 12.5 Å². The van der Waals surface area contributed by atoms with Crippen molar-refractivity contribution in [1.29, 1.82) is 0 Å². The Morgan fingerprint density at radius 2 is 1.87 bits per heavy atom. The van der Waals surface area contributed by atoms with Crippen LogP contribution in [0.25, 0.3) is 11.0 Å². The Labute approximate surface area is 86.1 Å². The maximum absolute atomic E-state index is 11.7. The van der Waals surface area contributed by atoms with Crippen LogP contribution in [0.15, 0.2) is 44.6 Å². The summed E-state index contributed by atoms with van der Waals surface area (Å²) < 4.78 is 27.5. The zero-order chi connectivity index (χ0) is 11.1. The maximum atomic E-state index is 11.7. The largest absolute Gasteiger partial charge is 0.463 e. The number of para-hydroxylation sites is 1. The van der Waals surface area contributed by atoms with Crippen molar-refractivity contribution >= 4 is 20.8 Å². The van der Waals surface area contributed by atoms with E-state index in [9.17, 15) is 13.2 Å². The topological polar surface area (TPSA) is 64.3 Å². The highest BCUT2D eigenvalue weighted by Crippen LogP contribution is 2.12. The van der Waals surface area contributed by atoms with Crippen molar-refractivity contribution in [2.24, 2.45) is 0 Å². The van der Waals surface area contributed by atoms with Gasteiger partial charge in [-0.15, -0.1) is 0 Å². The lowest BCUT2D eigenvalue weighted by atomic mass is 10.2. The Kier molecular flexibility index (Phi) is 2.12. The van der Waals surface area contributed by atoms with Crippen LogP contribution in [0.5, 0.6) is 0 Å². The Morgan fingerprint density at radius 3 is 2.53 bits per heavy atom. The van der Waals surface area contributed by atoms with Gasteiger partial charge in [0, 0.05) is 6.26 Å². The van der Waals surface area contributed by atoms with Gasteiger partial charge < -0.3 is 4.42 Å². The molecule has 0 spiro atoms. The number of rotatable bonds is 1. The second kappa shape index (κ2) is 3.20. The summed E-state index contributed by atoms with van der Waals surface area (Å²) in [6, 6.07) is 6.52. The molecule has 0 fully saturated rings. The van der Waals surface area contributed by atoms with Crippen molar-refractivity contribution in [2.75, 3.05) is 6.26 Å². The molecule has 0 amide bonds. The lowest BCUT2D eigenvalue weighted by Crippen LogP contribution is -2.13. The highest BCUT2D eigenvalue weighted by Gasteiger charge is 2.15. The third-order valence-electron chi connectivity index (χ3n) is 2.05. The fraction of sp³-hybridized carbons (Fsp3) is 0.100. The molecule has 0 aliphatic rings. The van der Waals surface area contributed by atoms with Crippen LogP contribution in [0.3, 0.4) is 0 Å². The molecule has 1 heterocycles. The molecule has 15 heavy (non-hydrogen) atoms. The molecule has 78 valence electrons. The minimum Gasteiger partial charge on any atom is -0.463 e. The summed E-state index contributed by atoms with van der Waals surface area (Å²) in [5.74, 6) is 0. The van der Waals surface area contributed by atoms with Crippen molar-refractivity contribution in [2.45, 2.75) is 4.90 Å². The Hall–Kier alpha value is -1.62. The standard InChI is InChI=1S/C10H8O4S/c1-15(12,13)9-6-14-8-5-3-2-4-7(8)10(9)11/h2-6H,1H3. The molecule has 0 atom stereocenters. The van der Waals surface area contributed by atoms with E-state index in [1.807, 2.05) is 0 Å². The fourth-order valence-corrected chi connectivity index (χ4v) is 1.99. The molecule has 0 radical (unpaired) electrons. The third kappa shape index (κ3) is 1.66. The van der Waals surface area contributed by atoms with E-state index in [2.05, 4.69) is 0 Å². The predicted molar refractivity (Wildman–Crippen MR) is 55.6 cm³/mol. The smallest absolute Gasteiger partial charge is 0.211 e. The average molecular weight is 224 g/mol. The Morgan fingerprint density at radius 1 is 1.20 bits per heavy atom. The maximum Gasteiger partial charge on any atom is 0.211 e. The highest BCUT2D eigenvalue weighted by molar-refractivity contribution is 7.90. The first-order valence-corrected chi connectivity index (χ1v) is 6.10. The van der Waals surface area contributed by atoms with Gasteiger partial charge in [-0.3, -0.25) is 4.79 Å². The lowest BCUT2D eigenvalue weighted by Gasteiger charge is -1.99. The van der Waals surface area contributed by atoms with E-state index in [-0.39, 0.29) is 10.3 Å². The molecule has 1 aromatic heterocycles. The molecule has 0 bridgehead atoms. The first-order chi connectivity index (χ1) is 7.00. The highest BCUT2D eigenvalue weighted by atomic mass is 32.2. The minimum atomic E-state index is -3.53. The summed E-state index contributed by atoms with van der Waals surface area (Å²) in [6.45, 7) is 0. The summed E-state index contributed by atoms with van der Waals surface area (Å²) >= 11 is 0. The molecule has 4 nitrogen and oxygen atoms in total. The zero-order valence-electron chi connectivity index (χ0n) is 7.93. The average Bonchev–Trinajstić information content (AvgIpc) is 2.16. The summed E-state index contributed by atoms with van der Waals surface area (Å²) in [6.07, 6.45) is 1.97. The molecular weight excluding hydrogens is 216 g/mol. The van der Waals surface area contributed by atoms with Crippen LogP contribution < -0.4 is 5.43 Å². The van der Waals surface area contributed by atoms with E-state index in [1.165, 1.54) is 6.07 Å². The number of hydrogen-bond donors (Lipinski definition) is 0. The molecule has 0 saturated carbocycles. The van der Waals surface area contributed by atoms with Crippen molar-refractivity contribution < 1.29 is 12.8 Å². The lowest BCUT2D eigenvalue weighted by molar-refractivity contribution is 0.569. The quantitative estimate of drug-likeness (QED) is 0.730. The summed E-state index contributed by atoms with van der Waals surface area (Å²) in [5.41, 5.74) is -0.130. The molecule has 0 unspecified atom stereocenters. The van der Waals surface area contributed by atoms with Gasteiger partial charge >= 0.3 is 0 Å². The molecule has 1 aromatic carbocycles. The van der Waals surface area contributed by atoms with Gasteiger partial charge in [0.05, 0.1) is 5.39 Å². The third-order valence-corrected chi connectivity index (χ3v) is 3.13. The summed E-state index contributed by atoms with van der Waals surface area (Å²) in [7, 11) is -3.53. The predicted octanol–water partition coefficient (Wildman–Crippen LogP) is 1.20. The van der Waals surface area contributed by atoms with Gasteiger partial charge in [-0.1, -0.05) is 12.1 Å². The zero-order valence-corrected chi connectivity index (χ0v) is 8.74. The van der Waals surface area contributed by atoms with Crippen LogP contribution in [0, 0.1) is 0 Å². The van der Waals surface area contributed by atoms with Gasteiger partial charge in [0.25, 0.3) is 0 Å². The molecular formula is C10H8O4S. The van der Waals surface area contributed by atoms with Crippen LogP contribution in [-0.2, 0) is 9.84 Å². The molecule has 0 aliphatic carbocycles. The summed E-state index contributed by atoms with van der Waals surface area (Å²) in [5, 5.41) is 0.278. The second-order valence-corrected chi connectivity index (χ2v) is 5.18. The van der Waals surface area contributed by atoms with Crippen LogP contribution in [0.1, 0.15) is 0 Å². The first kappa shape index (κ1) is 9.92. The van der Waals surface area contributed by atoms with Crippen LogP contribution in [0.4, 0.5) is 0 Å². The molecule has 5 heteroatoms. The van der Waals surface area contributed by atoms with Crippen molar-refractivity contribution in [3.05, 3.63) is 40.8 Å². The van der Waals surface area contributed by atoms with Crippen LogP contribution in [-0.4, -0.2) is 14.7 Å². The molecule has 0 saturated heterocycles. The molecule has 2 rings (SSSR count). The number of hydrogen-bond acceptors (Lipinski definition) is 4. The first-order valence-electron chi connectivity index (χ1n) is 4.21. The Bertz CT molecular complexity index is 667. The fourth-order valence-electron chi connectivity index (χ4n) is 1.32. The van der Waals surface area contributed by atoms with E-state index < -0.39 is 15.3 Å². The molecule has 0 aliphatic heterocycles. The van der Waals surface area contributed by atoms with Gasteiger partial charge in [0.15, 0.2) is 9.84 Å². The van der Waals surface area contributed by atoms with Gasteiger partial charge in [-0.25, -0.2) is 8.42 Å². The van der Waals surface area contributed by atoms with Gasteiger partial charge in [-0.05, 0) is 12.1 Å². The summed E-state index contributed by atoms with van der Waals surface area (Å²) in [4.78, 5) is 11.4. The number of fused-ring (bicyclic) bond motifs is 1. The van der Waals surface area contributed by atoms with E-state index in [0.29, 0.717) is 5.58 Å². The van der Waals surface area contributed by atoms with Crippen molar-refractivity contribution in [3.63, 3.8) is 0 Å². The SMILES string of the molecule is CS(=O)(=O)c1coc2ccccc2c1=O. The second-order valence-electron chi connectivity index (χ2n) is 3.20. The number of sulfone groups is 1. The molecule has 0 N–H and O–H groups in total. The van der Waals surface area contributed by atoms with Crippen molar-refractivity contribution in [3.8, 4) is 0 Å². The van der Waals surface area contributed by atoms with E-state index >= 15 is 0 Å². The van der Waals surface area contributed by atoms with Crippen molar-refractivity contribution in [1.82, 2.24) is 0 Å². The van der Waals surface area contributed by atoms with Gasteiger partial charge in [0.1, 0.15) is 16.7 Å². The monoisotopic (exact) mass is 224 g/mol.